The molecule has 0 aromatic heterocycles. The molecule has 0 saturated heterocycles. The van der Waals surface area contributed by atoms with E-state index in [-0.39, 0.29) is 11.4 Å². The van der Waals surface area contributed by atoms with Crippen molar-refractivity contribution >= 4 is 17.7 Å². The van der Waals surface area contributed by atoms with Crippen LogP contribution in [-0.2, 0) is 4.79 Å². The topological polar surface area (TPSA) is 41.1 Å². The predicted octanol–water partition coefficient (Wildman–Crippen LogP) is 0.994. The van der Waals surface area contributed by atoms with Crippen molar-refractivity contribution in [2.45, 2.75) is 25.8 Å². The number of allylic oxidation sites excluding steroid dienone is 1. The van der Waals surface area contributed by atoms with Gasteiger partial charge in [0.15, 0.2) is 5.50 Å². The molecule has 11 heavy (non-hydrogen) atoms. The van der Waals surface area contributed by atoms with E-state index in [9.17, 15) is 4.79 Å². The Kier molecular flexibility index (Phi) is 2.82. The molecule has 0 fully saturated rings. The van der Waals surface area contributed by atoms with E-state index in [1.807, 2.05) is 6.20 Å². The lowest BCUT2D eigenvalue weighted by atomic mass is 10.5. The van der Waals surface area contributed by atoms with Crippen molar-refractivity contribution in [3.63, 3.8) is 0 Å². The second kappa shape index (κ2) is 3.67. The van der Waals surface area contributed by atoms with Crippen LogP contribution in [-0.4, -0.2) is 11.4 Å². The number of rotatable bonds is 2. The van der Waals surface area contributed by atoms with Gasteiger partial charge in [-0.2, -0.15) is 0 Å². The number of nitrogens with one attached hydrogen (secondary N) is 2. The van der Waals surface area contributed by atoms with Gasteiger partial charge in [-0.3, -0.25) is 4.79 Å². The summed E-state index contributed by atoms with van der Waals surface area (Å²) >= 11 is 1.66. The van der Waals surface area contributed by atoms with Crippen LogP contribution in [0.1, 0.15) is 20.3 Å². The Morgan fingerprint density at radius 3 is 3.09 bits per heavy atom. The highest BCUT2D eigenvalue weighted by Gasteiger charge is 2.15. The summed E-state index contributed by atoms with van der Waals surface area (Å²) in [6, 6.07) is 0. The maximum absolute atomic E-state index is 10.6. The quantitative estimate of drug-likeness (QED) is 0.652. The maximum Gasteiger partial charge on any atom is 0.219 e. The van der Waals surface area contributed by atoms with Gasteiger partial charge < -0.3 is 10.6 Å². The fraction of sp³-hybridized carbons (Fsp3) is 0.571. The van der Waals surface area contributed by atoms with Crippen molar-refractivity contribution in [1.29, 1.82) is 0 Å². The lowest BCUT2D eigenvalue weighted by molar-refractivity contribution is -0.119. The van der Waals surface area contributed by atoms with Crippen molar-refractivity contribution in [1.82, 2.24) is 10.6 Å². The minimum atomic E-state index is 0.000697. The van der Waals surface area contributed by atoms with Gasteiger partial charge in [0.25, 0.3) is 0 Å². The molecular weight excluding hydrogens is 160 g/mol. The van der Waals surface area contributed by atoms with Crippen LogP contribution in [0.25, 0.3) is 0 Å². The van der Waals surface area contributed by atoms with Crippen molar-refractivity contribution in [3.8, 4) is 0 Å². The van der Waals surface area contributed by atoms with Gasteiger partial charge in [-0.15, -0.1) is 0 Å². The molecule has 0 radical (unpaired) electrons. The zero-order chi connectivity index (χ0) is 8.27. The summed E-state index contributed by atoms with van der Waals surface area (Å²) in [4.78, 5) is 11.9. The van der Waals surface area contributed by atoms with Crippen LogP contribution in [0.3, 0.4) is 0 Å². The van der Waals surface area contributed by atoms with E-state index in [4.69, 9.17) is 0 Å². The molecule has 0 bridgehead atoms. The molecule has 1 amide bonds. The van der Waals surface area contributed by atoms with Crippen LogP contribution < -0.4 is 10.6 Å². The Labute approximate surface area is 70.6 Å². The molecule has 3 nitrogen and oxygen atoms in total. The molecule has 0 aromatic rings. The molecule has 1 atom stereocenters. The maximum atomic E-state index is 10.6. The lowest BCUT2D eigenvalue weighted by Crippen LogP contribution is -2.37. The van der Waals surface area contributed by atoms with Gasteiger partial charge in [0.05, 0.1) is 0 Å². The van der Waals surface area contributed by atoms with Gasteiger partial charge in [-0.05, 0) is 6.42 Å². The van der Waals surface area contributed by atoms with E-state index in [0.29, 0.717) is 0 Å². The Morgan fingerprint density at radius 1 is 1.91 bits per heavy atom. The number of thioether (sulfide) groups is 1. The van der Waals surface area contributed by atoms with E-state index in [2.05, 4.69) is 17.6 Å². The van der Waals surface area contributed by atoms with Crippen LogP contribution in [0.2, 0.25) is 0 Å². The summed E-state index contributed by atoms with van der Waals surface area (Å²) in [5.74, 6) is 0.000697. The van der Waals surface area contributed by atoms with E-state index in [0.717, 1.165) is 6.42 Å². The van der Waals surface area contributed by atoms with Crippen molar-refractivity contribution in [2.24, 2.45) is 0 Å². The van der Waals surface area contributed by atoms with E-state index >= 15 is 0 Å². The largest absolute Gasteiger partial charge is 0.362 e. The first kappa shape index (κ1) is 8.46. The van der Waals surface area contributed by atoms with E-state index in [1.165, 1.54) is 11.8 Å². The first-order chi connectivity index (χ1) is 5.22. The standard InChI is InChI=1S/C7H12N2OS/c1-3-6-4-8-7(11-6)9-5(2)10/h4,7-8H,3H2,1-2H3,(H,9,10). The zero-order valence-electron chi connectivity index (χ0n) is 6.68. The van der Waals surface area contributed by atoms with Gasteiger partial charge >= 0.3 is 0 Å². The number of hydrogen-bond acceptors (Lipinski definition) is 3. The van der Waals surface area contributed by atoms with E-state index < -0.39 is 0 Å². The second-order valence-electron chi connectivity index (χ2n) is 2.33. The third-order valence-corrected chi connectivity index (χ3v) is 2.55. The minimum absolute atomic E-state index is 0.000697. The number of carbonyl (C=O) groups excluding carboxylic acids is 1. The molecule has 1 aliphatic rings. The average molecular weight is 172 g/mol. The third-order valence-electron chi connectivity index (χ3n) is 1.35. The fourth-order valence-electron chi connectivity index (χ4n) is 0.829. The molecule has 1 heterocycles. The Hall–Kier alpha value is -0.640. The van der Waals surface area contributed by atoms with Gasteiger partial charge in [-0.1, -0.05) is 18.7 Å². The SMILES string of the molecule is CCC1=CNC(NC(C)=O)S1. The normalized spacial score (nSPS) is 22.4. The number of hydrogen-bond donors (Lipinski definition) is 2. The molecule has 1 aliphatic heterocycles. The van der Waals surface area contributed by atoms with E-state index in [1.54, 1.807) is 11.8 Å². The molecule has 62 valence electrons. The predicted molar refractivity (Wildman–Crippen MR) is 46.7 cm³/mol. The van der Waals surface area contributed by atoms with Crippen LogP contribution >= 0.6 is 11.8 Å². The van der Waals surface area contributed by atoms with Gasteiger partial charge in [0.2, 0.25) is 5.91 Å². The first-order valence-electron chi connectivity index (χ1n) is 3.61. The number of amides is 1. The molecule has 0 spiro atoms. The van der Waals surface area contributed by atoms with Crippen LogP contribution in [0.15, 0.2) is 11.1 Å². The van der Waals surface area contributed by atoms with Gasteiger partial charge in [0.1, 0.15) is 0 Å². The second-order valence-corrected chi connectivity index (χ2v) is 3.56. The summed E-state index contributed by atoms with van der Waals surface area (Å²) in [6.45, 7) is 3.61. The Morgan fingerprint density at radius 2 is 2.64 bits per heavy atom. The Balaban J connectivity index is 2.30. The summed E-state index contributed by atoms with van der Waals surface area (Å²) < 4.78 is 0. The van der Waals surface area contributed by atoms with Crippen molar-refractivity contribution in [2.75, 3.05) is 0 Å². The molecule has 4 heteroatoms. The molecule has 0 aromatic carbocycles. The molecule has 1 unspecified atom stereocenters. The molecule has 0 saturated carbocycles. The molecule has 1 rings (SSSR count). The fourth-order valence-corrected chi connectivity index (χ4v) is 1.80. The van der Waals surface area contributed by atoms with Crippen LogP contribution in [0.4, 0.5) is 0 Å². The van der Waals surface area contributed by atoms with Crippen molar-refractivity contribution < 1.29 is 4.79 Å². The smallest absolute Gasteiger partial charge is 0.219 e. The zero-order valence-corrected chi connectivity index (χ0v) is 7.49. The average Bonchev–Trinajstić information content (AvgIpc) is 2.34. The van der Waals surface area contributed by atoms with Gasteiger partial charge in [-0.25, -0.2) is 0 Å². The molecule has 0 aliphatic carbocycles. The Bertz CT molecular complexity index is 191. The molecule has 2 N–H and O–H groups in total. The summed E-state index contributed by atoms with van der Waals surface area (Å²) in [7, 11) is 0. The lowest BCUT2D eigenvalue weighted by Gasteiger charge is -2.10. The minimum Gasteiger partial charge on any atom is -0.362 e. The van der Waals surface area contributed by atoms with Crippen LogP contribution in [0, 0.1) is 0 Å². The monoisotopic (exact) mass is 172 g/mol. The highest BCUT2D eigenvalue weighted by molar-refractivity contribution is 8.03. The van der Waals surface area contributed by atoms with Crippen LogP contribution in [0.5, 0.6) is 0 Å². The third kappa shape index (κ3) is 2.46. The summed E-state index contributed by atoms with van der Waals surface area (Å²) in [5, 5.41) is 5.82. The summed E-state index contributed by atoms with van der Waals surface area (Å²) in [6.07, 6.45) is 2.97. The number of carbonyl (C=O) groups is 1. The first-order valence-corrected chi connectivity index (χ1v) is 4.49. The highest BCUT2D eigenvalue weighted by Crippen LogP contribution is 2.25. The van der Waals surface area contributed by atoms with Crippen molar-refractivity contribution in [3.05, 3.63) is 11.1 Å². The highest BCUT2D eigenvalue weighted by atomic mass is 32.2. The van der Waals surface area contributed by atoms with Gasteiger partial charge in [0, 0.05) is 18.0 Å². The summed E-state index contributed by atoms with van der Waals surface area (Å²) in [5.41, 5.74) is 0.0439. The molecular formula is C7H12N2OS.